The molecule has 3 rings (SSSR count). The number of allylic oxidation sites excluding steroid dienone is 1. The highest BCUT2D eigenvalue weighted by Gasteiger charge is 2.14. The van der Waals surface area contributed by atoms with E-state index in [1.54, 1.807) is 48.2 Å². The summed E-state index contributed by atoms with van der Waals surface area (Å²) in [6.07, 6.45) is 6.79. The molecule has 1 saturated heterocycles. The van der Waals surface area contributed by atoms with Crippen LogP contribution in [0.3, 0.4) is 0 Å². The van der Waals surface area contributed by atoms with Gasteiger partial charge in [0.1, 0.15) is 10.1 Å². The van der Waals surface area contributed by atoms with Gasteiger partial charge in [-0.3, -0.25) is 4.79 Å². The van der Waals surface area contributed by atoms with Crippen molar-refractivity contribution in [3.05, 3.63) is 70.8 Å². The van der Waals surface area contributed by atoms with E-state index in [1.165, 1.54) is 12.8 Å². The second kappa shape index (κ2) is 11.4. The van der Waals surface area contributed by atoms with Gasteiger partial charge in [0, 0.05) is 29.4 Å². The van der Waals surface area contributed by atoms with Crippen molar-refractivity contribution < 1.29 is 9.53 Å². The summed E-state index contributed by atoms with van der Waals surface area (Å²) in [6, 6.07) is 14.6. The average Bonchev–Trinajstić information content (AvgIpc) is 3.28. The molecule has 0 aliphatic carbocycles. The Kier molecular flexibility index (Phi) is 8.59. The van der Waals surface area contributed by atoms with E-state index < -0.39 is 0 Å². The summed E-state index contributed by atoms with van der Waals surface area (Å²) < 4.78 is 6.79. The Hall–Kier alpha value is -1.82. The van der Waals surface area contributed by atoms with Gasteiger partial charge in [0.2, 0.25) is 0 Å². The molecule has 2 aromatic rings. The number of hydrogen-bond donors (Lipinski definition) is 0. The summed E-state index contributed by atoms with van der Waals surface area (Å²) in [4.78, 5) is 14.6. The summed E-state index contributed by atoms with van der Waals surface area (Å²) in [6.45, 7) is 2.84. The summed E-state index contributed by atoms with van der Waals surface area (Å²) in [5.74, 6) is 1.69. The second-order valence-electron chi connectivity index (χ2n) is 6.78. The van der Waals surface area contributed by atoms with Gasteiger partial charge in [-0.15, -0.1) is 0 Å². The van der Waals surface area contributed by atoms with E-state index >= 15 is 0 Å². The van der Waals surface area contributed by atoms with Crippen molar-refractivity contribution in [1.29, 1.82) is 0 Å². The molecule has 0 amide bonds. The van der Waals surface area contributed by atoms with Crippen LogP contribution in [0.5, 0.6) is 5.75 Å². The van der Waals surface area contributed by atoms with Crippen LogP contribution in [0.4, 0.5) is 0 Å². The molecule has 1 fully saturated rings. The van der Waals surface area contributed by atoms with E-state index in [4.69, 9.17) is 28.6 Å². The van der Waals surface area contributed by atoms with Crippen molar-refractivity contribution in [2.24, 2.45) is 0 Å². The van der Waals surface area contributed by atoms with Gasteiger partial charge in [-0.25, -0.2) is 0 Å². The average molecular weight is 446 g/mol. The molecule has 3 nitrogen and oxygen atoms in total. The van der Waals surface area contributed by atoms with Gasteiger partial charge in [0.25, 0.3) is 0 Å². The number of carbonyl (C=O) groups excluding carboxylic acids is 1. The van der Waals surface area contributed by atoms with Crippen LogP contribution >= 0.6 is 35.6 Å². The predicted octanol–water partition coefficient (Wildman–Crippen LogP) is 6.12. The highest BCUT2D eigenvalue weighted by molar-refractivity contribution is 8.22. The number of carbonyl (C=O) groups is 1. The minimum absolute atomic E-state index is 0.0432. The molecular weight excluding hydrogens is 422 g/mol. The first-order valence-corrected chi connectivity index (χ1v) is 11.5. The fraction of sp³-hybridized carbons (Fsp3) is 0.304. The van der Waals surface area contributed by atoms with Crippen LogP contribution < -0.4 is 4.74 Å². The van der Waals surface area contributed by atoms with E-state index in [-0.39, 0.29) is 5.78 Å². The van der Waals surface area contributed by atoms with Crippen LogP contribution in [0, 0.1) is 0 Å². The van der Waals surface area contributed by atoms with Crippen molar-refractivity contribution in [2.75, 3.05) is 25.4 Å². The normalized spacial score (nSPS) is 13.8. The van der Waals surface area contributed by atoms with Crippen LogP contribution in [-0.2, 0) is 0 Å². The molecule has 1 heterocycles. The Morgan fingerprint density at radius 3 is 2.48 bits per heavy atom. The number of ketones is 1. The Balaban J connectivity index is 1.38. The van der Waals surface area contributed by atoms with Crippen LogP contribution in [0.25, 0.3) is 6.08 Å². The van der Waals surface area contributed by atoms with Crippen molar-refractivity contribution in [1.82, 2.24) is 4.90 Å². The molecule has 2 aromatic carbocycles. The number of nitrogens with zero attached hydrogens (tertiary/aromatic N) is 1. The molecule has 29 heavy (non-hydrogen) atoms. The largest absolute Gasteiger partial charge is 0.494 e. The lowest BCUT2D eigenvalue weighted by atomic mass is 10.1. The van der Waals surface area contributed by atoms with Gasteiger partial charge >= 0.3 is 0 Å². The zero-order valence-electron chi connectivity index (χ0n) is 16.2. The molecule has 6 heteroatoms. The topological polar surface area (TPSA) is 29.5 Å². The third-order valence-corrected chi connectivity index (χ3v) is 6.44. The number of hydrogen-bond acceptors (Lipinski definition) is 4. The van der Waals surface area contributed by atoms with Crippen LogP contribution in [0.15, 0.2) is 54.6 Å². The molecular formula is C23H24ClNO2S2. The van der Waals surface area contributed by atoms with E-state index in [0.29, 0.717) is 17.2 Å². The van der Waals surface area contributed by atoms with Gasteiger partial charge < -0.3 is 9.64 Å². The van der Waals surface area contributed by atoms with Crippen LogP contribution in [0.2, 0.25) is 5.02 Å². The van der Waals surface area contributed by atoms with Crippen LogP contribution in [-0.4, -0.2) is 40.5 Å². The second-order valence-corrected chi connectivity index (χ2v) is 8.95. The first kappa shape index (κ1) is 21.9. The third kappa shape index (κ3) is 7.18. The smallest absolute Gasteiger partial charge is 0.185 e. The fourth-order valence-electron chi connectivity index (χ4n) is 2.96. The molecule has 0 N–H and O–H groups in total. The summed E-state index contributed by atoms with van der Waals surface area (Å²) in [5, 5.41) is 0.678. The Morgan fingerprint density at radius 1 is 1.10 bits per heavy atom. The lowest BCUT2D eigenvalue weighted by molar-refractivity contribution is 0.104. The molecule has 1 aliphatic rings. The number of benzene rings is 2. The molecule has 0 radical (unpaired) electrons. The standard InChI is InChI=1S/C23H24ClNO2S2/c24-20-9-4-18(5-10-20)6-13-22(26)19-7-11-21(12-8-19)27-16-3-17-29-23(28)25-14-1-2-15-25/h4-13H,1-3,14-17H2/b13-6+. The summed E-state index contributed by atoms with van der Waals surface area (Å²) in [5.41, 5.74) is 1.57. The van der Waals surface area contributed by atoms with E-state index in [9.17, 15) is 4.79 Å². The number of ether oxygens (including phenoxy) is 1. The lowest BCUT2D eigenvalue weighted by Gasteiger charge is -2.17. The number of halogens is 1. The summed E-state index contributed by atoms with van der Waals surface area (Å²) >= 11 is 13.1. The maximum atomic E-state index is 12.3. The van der Waals surface area contributed by atoms with Crippen molar-refractivity contribution in [3.8, 4) is 5.75 Å². The molecule has 0 spiro atoms. The molecule has 0 bridgehead atoms. The quantitative estimate of drug-likeness (QED) is 0.211. The molecule has 0 saturated carbocycles. The minimum Gasteiger partial charge on any atom is -0.494 e. The predicted molar refractivity (Wildman–Crippen MR) is 127 cm³/mol. The third-order valence-electron chi connectivity index (χ3n) is 4.58. The Labute approximate surface area is 187 Å². The zero-order valence-corrected chi connectivity index (χ0v) is 18.6. The maximum Gasteiger partial charge on any atom is 0.185 e. The number of thiocarbonyl (C=S) groups is 1. The SMILES string of the molecule is O=C(/C=C/c1ccc(Cl)cc1)c1ccc(OCCCSC(=S)N2CCCC2)cc1. The molecule has 152 valence electrons. The first-order chi connectivity index (χ1) is 14.1. The van der Waals surface area contributed by atoms with Crippen molar-refractivity contribution >= 4 is 51.8 Å². The van der Waals surface area contributed by atoms with Crippen LogP contribution in [0.1, 0.15) is 35.2 Å². The zero-order chi connectivity index (χ0) is 20.5. The Morgan fingerprint density at radius 2 is 1.79 bits per heavy atom. The molecule has 0 aromatic heterocycles. The van der Waals surface area contributed by atoms with Gasteiger partial charge in [0.15, 0.2) is 5.78 Å². The molecule has 0 unspecified atom stereocenters. The van der Waals surface area contributed by atoms with E-state index in [0.717, 1.165) is 40.9 Å². The van der Waals surface area contributed by atoms with Gasteiger partial charge in [-0.2, -0.15) is 0 Å². The monoisotopic (exact) mass is 445 g/mol. The lowest BCUT2D eigenvalue weighted by Crippen LogP contribution is -2.23. The number of rotatable bonds is 8. The van der Waals surface area contributed by atoms with Gasteiger partial charge in [-0.1, -0.05) is 53.8 Å². The van der Waals surface area contributed by atoms with Gasteiger partial charge in [0.05, 0.1) is 6.61 Å². The maximum absolute atomic E-state index is 12.3. The van der Waals surface area contributed by atoms with Gasteiger partial charge in [-0.05, 0) is 67.3 Å². The number of thioether (sulfide) groups is 1. The Bertz CT molecular complexity index is 844. The van der Waals surface area contributed by atoms with Crippen molar-refractivity contribution in [2.45, 2.75) is 19.3 Å². The molecule has 0 atom stereocenters. The van der Waals surface area contributed by atoms with E-state index in [1.807, 2.05) is 24.3 Å². The highest BCUT2D eigenvalue weighted by Crippen LogP contribution is 2.18. The summed E-state index contributed by atoms with van der Waals surface area (Å²) in [7, 11) is 0. The fourth-order valence-corrected chi connectivity index (χ4v) is 4.32. The minimum atomic E-state index is -0.0432. The van der Waals surface area contributed by atoms with Crippen molar-refractivity contribution in [3.63, 3.8) is 0 Å². The van der Waals surface area contributed by atoms with E-state index in [2.05, 4.69) is 4.90 Å². The highest BCUT2D eigenvalue weighted by atomic mass is 35.5. The number of likely N-dealkylation sites (tertiary alicyclic amines) is 1. The first-order valence-electron chi connectivity index (χ1n) is 9.74. The molecule has 1 aliphatic heterocycles.